The van der Waals surface area contributed by atoms with Crippen LogP contribution in [0.25, 0.3) is 0 Å². The maximum atomic E-state index is 4.26. The maximum absolute atomic E-state index is 4.26. The zero-order valence-corrected chi connectivity index (χ0v) is 12.3. The van der Waals surface area contributed by atoms with Crippen molar-refractivity contribution in [1.82, 2.24) is 9.97 Å². The Hall–Kier alpha value is -2.43. The van der Waals surface area contributed by atoms with Crippen LogP contribution < -0.4 is 10.3 Å². The maximum Gasteiger partial charge on any atom is 0.243 e. The highest BCUT2D eigenvalue weighted by atomic mass is 15.3. The third-order valence-corrected chi connectivity index (χ3v) is 2.77. The molecule has 0 aliphatic carbocycles. The molecular formula is C15H19N5. The molecule has 0 aliphatic heterocycles. The zero-order valence-electron chi connectivity index (χ0n) is 12.3. The number of hydrogen-bond donors (Lipinski definition) is 1. The Morgan fingerprint density at radius 1 is 1.05 bits per heavy atom. The van der Waals surface area contributed by atoms with Crippen molar-refractivity contribution in [2.75, 3.05) is 24.4 Å². The van der Waals surface area contributed by atoms with Gasteiger partial charge in [-0.15, -0.1) is 0 Å². The van der Waals surface area contributed by atoms with Crippen molar-refractivity contribution in [3.8, 4) is 0 Å². The van der Waals surface area contributed by atoms with Gasteiger partial charge in [-0.2, -0.15) is 5.10 Å². The minimum atomic E-state index is 0.517. The van der Waals surface area contributed by atoms with Crippen LogP contribution in [0.3, 0.4) is 0 Å². The minimum Gasteiger partial charge on any atom is -0.378 e. The summed E-state index contributed by atoms with van der Waals surface area (Å²) in [6.45, 7) is 3.87. The van der Waals surface area contributed by atoms with E-state index in [2.05, 4.69) is 37.5 Å². The predicted octanol–water partition coefficient (Wildman–Crippen LogP) is 2.61. The van der Waals surface area contributed by atoms with Crippen molar-refractivity contribution in [2.24, 2.45) is 5.10 Å². The van der Waals surface area contributed by atoms with E-state index in [-0.39, 0.29) is 0 Å². The number of hydrogen-bond acceptors (Lipinski definition) is 5. The van der Waals surface area contributed by atoms with E-state index in [0.29, 0.717) is 5.95 Å². The van der Waals surface area contributed by atoms with Crippen molar-refractivity contribution in [2.45, 2.75) is 13.8 Å². The SMILES string of the molecule is Cc1cc(C)nc(NN=Cc2ccc(N(C)C)cc2)n1. The lowest BCUT2D eigenvalue weighted by atomic mass is 10.2. The molecule has 5 nitrogen and oxygen atoms in total. The molecule has 1 heterocycles. The zero-order chi connectivity index (χ0) is 14.5. The molecule has 0 spiro atoms. The summed E-state index contributed by atoms with van der Waals surface area (Å²) in [5.74, 6) is 0.517. The van der Waals surface area contributed by atoms with Gasteiger partial charge in [0.1, 0.15) is 0 Å². The Morgan fingerprint density at radius 3 is 2.20 bits per heavy atom. The van der Waals surface area contributed by atoms with Crippen LogP contribution in [0.1, 0.15) is 17.0 Å². The average Bonchev–Trinajstić information content (AvgIpc) is 2.38. The van der Waals surface area contributed by atoms with E-state index in [4.69, 9.17) is 0 Å². The smallest absolute Gasteiger partial charge is 0.243 e. The van der Waals surface area contributed by atoms with Gasteiger partial charge in [-0.1, -0.05) is 12.1 Å². The van der Waals surface area contributed by atoms with Gasteiger partial charge >= 0.3 is 0 Å². The second-order valence-electron chi connectivity index (χ2n) is 4.83. The summed E-state index contributed by atoms with van der Waals surface area (Å²) in [6, 6.07) is 10.1. The van der Waals surface area contributed by atoms with E-state index in [0.717, 1.165) is 22.6 Å². The monoisotopic (exact) mass is 269 g/mol. The molecule has 1 aromatic carbocycles. The van der Waals surface area contributed by atoms with Crippen LogP contribution in [0.5, 0.6) is 0 Å². The Kier molecular flexibility index (Phi) is 4.30. The fourth-order valence-electron chi connectivity index (χ4n) is 1.80. The Bertz CT molecular complexity index is 582. The average molecular weight is 269 g/mol. The summed E-state index contributed by atoms with van der Waals surface area (Å²) in [5.41, 5.74) is 6.87. The molecule has 2 rings (SSSR count). The minimum absolute atomic E-state index is 0.517. The molecule has 5 heteroatoms. The lowest BCUT2D eigenvalue weighted by molar-refractivity contribution is 1.04. The predicted molar refractivity (Wildman–Crippen MR) is 83.5 cm³/mol. The molecule has 0 fully saturated rings. The summed E-state index contributed by atoms with van der Waals surface area (Å²) < 4.78 is 0. The molecule has 0 unspecified atom stereocenters. The fourth-order valence-corrected chi connectivity index (χ4v) is 1.80. The first-order chi connectivity index (χ1) is 9.54. The Balaban J connectivity index is 2.02. The van der Waals surface area contributed by atoms with Gasteiger partial charge in [0.25, 0.3) is 0 Å². The van der Waals surface area contributed by atoms with Crippen LogP contribution >= 0.6 is 0 Å². The van der Waals surface area contributed by atoms with Gasteiger partial charge in [0, 0.05) is 31.2 Å². The second-order valence-corrected chi connectivity index (χ2v) is 4.83. The summed E-state index contributed by atoms with van der Waals surface area (Å²) in [5, 5.41) is 4.15. The topological polar surface area (TPSA) is 53.4 Å². The van der Waals surface area contributed by atoms with Crippen molar-refractivity contribution >= 4 is 17.9 Å². The molecule has 1 aromatic heterocycles. The summed E-state index contributed by atoms with van der Waals surface area (Å²) >= 11 is 0. The standard InChI is InChI=1S/C15H19N5/c1-11-9-12(2)18-15(17-11)19-16-10-13-5-7-14(8-6-13)20(3)4/h5-10H,1-4H3,(H,17,18,19). The highest BCUT2D eigenvalue weighted by Gasteiger charge is 1.97. The van der Waals surface area contributed by atoms with Crippen molar-refractivity contribution in [3.63, 3.8) is 0 Å². The first-order valence-corrected chi connectivity index (χ1v) is 6.43. The van der Waals surface area contributed by atoms with Gasteiger partial charge in [-0.3, -0.25) is 0 Å². The van der Waals surface area contributed by atoms with Crippen molar-refractivity contribution in [3.05, 3.63) is 47.3 Å². The molecule has 0 saturated heterocycles. The normalized spacial score (nSPS) is 10.8. The van der Waals surface area contributed by atoms with Gasteiger partial charge < -0.3 is 4.90 Å². The van der Waals surface area contributed by atoms with Gasteiger partial charge in [0.05, 0.1) is 6.21 Å². The lowest BCUT2D eigenvalue weighted by Gasteiger charge is -2.11. The fraction of sp³-hybridized carbons (Fsp3) is 0.267. The van der Waals surface area contributed by atoms with E-state index in [9.17, 15) is 0 Å². The first kappa shape index (κ1) is 14.0. The number of benzene rings is 1. The molecule has 0 aliphatic rings. The Morgan fingerprint density at radius 2 is 1.65 bits per heavy atom. The molecule has 20 heavy (non-hydrogen) atoms. The third kappa shape index (κ3) is 3.78. The van der Waals surface area contributed by atoms with Crippen LogP contribution in [-0.2, 0) is 0 Å². The van der Waals surface area contributed by atoms with Crippen LogP contribution in [-0.4, -0.2) is 30.3 Å². The van der Waals surface area contributed by atoms with E-state index < -0.39 is 0 Å². The number of anilines is 2. The van der Waals surface area contributed by atoms with Crippen LogP contribution in [0.4, 0.5) is 11.6 Å². The van der Waals surface area contributed by atoms with E-state index >= 15 is 0 Å². The number of rotatable bonds is 4. The van der Waals surface area contributed by atoms with Crippen molar-refractivity contribution < 1.29 is 0 Å². The number of hydrazone groups is 1. The summed E-state index contributed by atoms with van der Waals surface area (Å²) in [6.07, 6.45) is 1.75. The van der Waals surface area contributed by atoms with Gasteiger partial charge in [0.15, 0.2) is 0 Å². The number of aromatic nitrogens is 2. The molecule has 0 bridgehead atoms. The van der Waals surface area contributed by atoms with Gasteiger partial charge in [-0.25, -0.2) is 15.4 Å². The van der Waals surface area contributed by atoms with Crippen LogP contribution in [0.15, 0.2) is 35.4 Å². The highest BCUT2D eigenvalue weighted by molar-refractivity contribution is 5.80. The molecule has 1 N–H and O–H groups in total. The molecule has 0 amide bonds. The Labute approximate surface area is 119 Å². The third-order valence-electron chi connectivity index (χ3n) is 2.77. The number of aryl methyl sites for hydroxylation is 2. The van der Waals surface area contributed by atoms with E-state index in [1.165, 1.54) is 0 Å². The number of nitrogens with one attached hydrogen (secondary N) is 1. The first-order valence-electron chi connectivity index (χ1n) is 6.43. The van der Waals surface area contributed by atoms with Crippen molar-refractivity contribution in [1.29, 1.82) is 0 Å². The van der Waals surface area contributed by atoms with E-state index in [1.807, 2.05) is 46.1 Å². The van der Waals surface area contributed by atoms with Gasteiger partial charge in [0.2, 0.25) is 5.95 Å². The highest BCUT2D eigenvalue weighted by Crippen LogP contribution is 2.11. The van der Waals surface area contributed by atoms with Gasteiger partial charge in [-0.05, 0) is 37.6 Å². The lowest BCUT2D eigenvalue weighted by Crippen LogP contribution is -2.08. The summed E-state index contributed by atoms with van der Waals surface area (Å²) in [4.78, 5) is 10.6. The molecule has 0 radical (unpaired) electrons. The number of nitrogens with zero attached hydrogens (tertiary/aromatic N) is 4. The van der Waals surface area contributed by atoms with Crippen LogP contribution in [0, 0.1) is 13.8 Å². The van der Waals surface area contributed by atoms with E-state index in [1.54, 1.807) is 6.21 Å². The molecule has 2 aromatic rings. The molecule has 0 atom stereocenters. The van der Waals surface area contributed by atoms with Crippen LogP contribution in [0.2, 0.25) is 0 Å². The molecule has 0 saturated carbocycles. The molecule has 104 valence electrons. The summed E-state index contributed by atoms with van der Waals surface area (Å²) in [7, 11) is 4.03. The largest absolute Gasteiger partial charge is 0.378 e. The molecular weight excluding hydrogens is 250 g/mol. The second kappa shape index (κ2) is 6.14. The quantitative estimate of drug-likeness (QED) is 0.684.